The first kappa shape index (κ1) is 11.4. The van der Waals surface area contributed by atoms with E-state index in [1.54, 1.807) is 6.92 Å². The molecule has 0 saturated carbocycles. The predicted octanol–water partition coefficient (Wildman–Crippen LogP) is 1.53. The van der Waals surface area contributed by atoms with Crippen molar-refractivity contribution in [1.82, 2.24) is 4.90 Å². The Hall–Kier alpha value is -0.640. The standard InChI is InChI=1S/C10H18FNO2/c1-8(10(13)14)12-6-3-9(2-5-11)4-7-12/h8-9H,2-7H2,1H3,(H,13,14)/t8-/m0/s1. The Kier molecular flexibility index (Phi) is 4.32. The molecule has 0 spiro atoms. The number of likely N-dealkylation sites (tertiary alicyclic amines) is 1. The van der Waals surface area contributed by atoms with E-state index >= 15 is 0 Å². The number of nitrogens with zero attached hydrogens (tertiary/aromatic N) is 1. The summed E-state index contributed by atoms with van der Waals surface area (Å²) < 4.78 is 12.1. The van der Waals surface area contributed by atoms with Crippen LogP contribution in [0.15, 0.2) is 0 Å². The normalized spacial score (nSPS) is 22.1. The van der Waals surface area contributed by atoms with E-state index in [2.05, 4.69) is 0 Å². The van der Waals surface area contributed by atoms with E-state index in [9.17, 15) is 9.18 Å². The molecule has 0 radical (unpaired) electrons. The van der Waals surface area contributed by atoms with Gasteiger partial charge in [0.25, 0.3) is 0 Å². The minimum atomic E-state index is -0.769. The van der Waals surface area contributed by atoms with Gasteiger partial charge in [0.2, 0.25) is 0 Å². The molecular formula is C10H18FNO2. The maximum absolute atomic E-state index is 12.1. The third-order valence-corrected chi connectivity index (χ3v) is 3.07. The average Bonchev–Trinajstić information content (AvgIpc) is 2.18. The van der Waals surface area contributed by atoms with E-state index in [1.165, 1.54) is 0 Å². The molecule has 1 fully saturated rings. The van der Waals surface area contributed by atoms with Crippen molar-refractivity contribution >= 4 is 5.97 Å². The number of piperidine rings is 1. The Labute approximate surface area is 83.9 Å². The molecule has 1 saturated heterocycles. The topological polar surface area (TPSA) is 40.5 Å². The number of aliphatic carboxylic acids is 1. The smallest absolute Gasteiger partial charge is 0.320 e. The Bertz CT molecular complexity index is 191. The first-order valence-corrected chi connectivity index (χ1v) is 5.18. The molecule has 1 aliphatic heterocycles. The fourth-order valence-corrected chi connectivity index (χ4v) is 1.94. The van der Waals surface area contributed by atoms with Crippen molar-refractivity contribution < 1.29 is 14.3 Å². The van der Waals surface area contributed by atoms with Gasteiger partial charge in [0, 0.05) is 0 Å². The summed E-state index contributed by atoms with van der Waals surface area (Å²) >= 11 is 0. The fourth-order valence-electron chi connectivity index (χ4n) is 1.94. The molecule has 3 nitrogen and oxygen atoms in total. The highest BCUT2D eigenvalue weighted by Gasteiger charge is 2.25. The summed E-state index contributed by atoms with van der Waals surface area (Å²) in [5.41, 5.74) is 0. The predicted molar refractivity (Wildman–Crippen MR) is 52.0 cm³/mol. The summed E-state index contributed by atoms with van der Waals surface area (Å²) in [7, 11) is 0. The van der Waals surface area contributed by atoms with Crippen LogP contribution >= 0.6 is 0 Å². The highest BCUT2D eigenvalue weighted by Crippen LogP contribution is 2.21. The third-order valence-electron chi connectivity index (χ3n) is 3.07. The van der Waals surface area contributed by atoms with Crippen LogP contribution in [0.25, 0.3) is 0 Å². The monoisotopic (exact) mass is 203 g/mol. The number of hydrogen-bond donors (Lipinski definition) is 1. The van der Waals surface area contributed by atoms with Crippen molar-refractivity contribution in [3.05, 3.63) is 0 Å². The zero-order valence-electron chi connectivity index (χ0n) is 8.58. The summed E-state index contributed by atoms with van der Waals surface area (Å²) in [5, 5.41) is 8.80. The Balaban J connectivity index is 2.31. The van der Waals surface area contributed by atoms with Crippen LogP contribution in [-0.4, -0.2) is 41.8 Å². The number of carbonyl (C=O) groups is 1. The quantitative estimate of drug-likeness (QED) is 0.753. The molecule has 0 aromatic heterocycles. The molecule has 14 heavy (non-hydrogen) atoms. The maximum atomic E-state index is 12.1. The molecule has 82 valence electrons. The fraction of sp³-hybridized carbons (Fsp3) is 0.900. The van der Waals surface area contributed by atoms with Crippen molar-refractivity contribution in [3.63, 3.8) is 0 Å². The molecule has 0 aromatic rings. The zero-order chi connectivity index (χ0) is 10.6. The van der Waals surface area contributed by atoms with Gasteiger partial charge in [0.05, 0.1) is 6.67 Å². The van der Waals surface area contributed by atoms with Crippen molar-refractivity contribution in [2.45, 2.75) is 32.2 Å². The van der Waals surface area contributed by atoms with Gasteiger partial charge in [-0.15, -0.1) is 0 Å². The summed E-state index contributed by atoms with van der Waals surface area (Å²) in [4.78, 5) is 12.7. The van der Waals surface area contributed by atoms with Gasteiger partial charge in [0.1, 0.15) is 6.04 Å². The summed E-state index contributed by atoms with van der Waals surface area (Å²) in [6.07, 6.45) is 2.50. The summed E-state index contributed by atoms with van der Waals surface area (Å²) in [6, 6.07) is -0.402. The molecule has 1 aliphatic rings. The van der Waals surface area contributed by atoms with Gasteiger partial charge in [0.15, 0.2) is 0 Å². The molecule has 0 amide bonds. The van der Waals surface area contributed by atoms with E-state index < -0.39 is 12.0 Å². The molecule has 0 aromatic carbocycles. The second kappa shape index (κ2) is 5.29. The number of alkyl halides is 1. The second-order valence-corrected chi connectivity index (χ2v) is 3.97. The molecule has 1 heterocycles. The lowest BCUT2D eigenvalue weighted by molar-refractivity contribution is -0.143. The first-order valence-electron chi connectivity index (χ1n) is 5.18. The average molecular weight is 203 g/mol. The van der Waals surface area contributed by atoms with Gasteiger partial charge in [-0.25, -0.2) is 0 Å². The third kappa shape index (κ3) is 2.94. The van der Waals surface area contributed by atoms with Crippen molar-refractivity contribution in [2.75, 3.05) is 19.8 Å². The van der Waals surface area contributed by atoms with Crippen LogP contribution in [0, 0.1) is 5.92 Å². The highest BCUT2D eigenvalue weighted by atomic mass is 19.1. The largest absolute Gasteiger partial charge is 0.480 e. The minimum Gasteiger partial charge on any atom is -0.480 e. The van der Waals surface area contributed by atoms with Crippen molar-refractivity contribution in [3.8, 4) is 0 Å². The zero-order valence-corrected chi connectivity index (χ0v) is 8.58. The van der Waals surface area contributed by atoms with Crippen LogP contribution < -0.4 is 0 Å². The van der Waals surface area contributed by atoms with E-state index in [1.807, 2.05) is 4.90 Å². The lowest BCUT2D eigenvalue weighted by atomic mass is 9.93. The molecule has 1 rings (SSSR count). The number of rotatable bonds is 4. The van der Waals surface area contributed by atoms with Gasteiger partial charge in [-0.1, -0.05) is 0 Å². The van der Waals surface area contributed by atoms with Crippen molar-refractivity contribution in [1.29, 1.82) is 0 Å². The number of halogens is 1. The molecule has 4 heteroatoms. The van der Waals surface area contributed by atoms with Gasteiger partial charge in [-0.05, 0) is 45.2 Å². The molecule has 1 N–H and O–H groups in total. The van der Waals surface area contributed by atoms with E-state index in [0.717, 1.165) is 25.9 Å². The highest BCUT2D eigenvalue weighted by molar-refractivity contribution is 5.72. The van der Waals surface area contributed by atoms with Gasteiger partial charge < -0.3 is 5.11 Å². The minimum absolute atomic E-state index is 0.251. The first-order chi connectivity index (χ1) is 6.65. The second-order valence-electron chi connectivity index (χ2n) is 3.97. The molecule has 1 atom stereocenters. The maximum Gasteiger partial charge on any atom is 0.320 e. The van der Waals surface area contributed by atoms with Crippen molar-refractivity contribution in [2.24, 2.45) is 5.92 Å². The number of hydrogen-bond acceptors (Lipinski definition) is 2. The Morgan fingerprint density at radius 1 is 1.57 bits per heavy atom. The van der Waals surface area contributed by atoms with E-state index in [0.29, 0.717) is 12.3 Å². The van der Waals surface area contributed by atoms with Crippen LogP contribution in [0.3, 0.4) is 0 Å². The van der Waals surface area contributed by atoms with E-state index in [-0.39, 0.29) is 6.67 Å². The molecule has 0 unspecified atom stereocenters. The lowest BCUT2D eigenvalue weighted by Crippen LogP contribution is -2.43. The number of carboxylic acid groups (broad SMARTS) is 1. The molecule has 0 aliphatic carbocycles. The Morgan fingerprint density at radius 3 is 2.57 bits per heavy atom. The van der Waals surface area contributed by atoms with Crippen LogP contribution in [0.2, 0.25) is 0 Å². The SMILES string of the molecule is C[C@@H](C(=O)O)N1CCC(CCF)CC1. The Morgan fingerprint density at radius 2 is 2.14 bits per heavy atom. The lowest BCUT2D eigenvalue weighted by Gasteiger charge is -2.33. The van der Waals surface area contributed by atoms with Crippen LogP contribution in [-0.2, 0) is 4.79 Å². The molecule has 0 bridgehead atoms. The van der Waals surface area contributed by atoms with Gasteiger partial charge in [-0.3, -0.25) is 14.1 Å². The van der Waals surface area contributed by atoms with Crippen LogP contribution in [0.4, 0.5) is 4.39 Å². The summed E-state index contributed by atoms with van der Waals surface area (Å²) in [5.74, 6) is -0.314. The summed E-state index contributed by atoms with van der Waals surface area (Å²) in [6.45, 7) is 3.03. The van der Waals surface area contributed by atoms with E-state index in [4.69, 9.17) is 5.11 Å². The number of carboxylic acids is 1. The van der Waals surface area contributed by atoms with Crippen LogP contribution in [0.1, 0.15) is 26.2 Å². The van der Waals surface area contributed by atoms with Gasteiger partial charge in [-0.2, -0.15) is 0 Å². The van der Waals surface area contributed by atoms with Gasteiger partial charge >= 0.3 is 5.97 Å². The molecular weight excluding hydrogens is 185 g/mol. The van der Waals surface area contributed by atoms with Crippen LogP contribution in [0.5, 0.6) is 0 Å².